The lowest BCUT2D eigenvalue weighted by Gasteiger charge is -2.31. The number of hydrogen-bond donors (Lipinski definition) is 3. The zero-order chi connectivity index (χ0) is 30.5. The van der Waals surface area contributed by atoms with Crippen LogP contribution in [0.1, 0.15) is 44.2 Å². The molecule has 232 valence electrons. The van der Waals surface area contributed by atoms with Gasteiger partial charge in [0.2, 0.25) is 15.9 Å². The normalized spacial score (nSPS) is 15.4. The van der Waals surface area contributed by atoms with Gasteiger partial charge in [0, 0.05) is 38.6 Å². The first-order valence-corrected chi connectivity index (χ1v) is 16.2. The van der Waals surface area contributed by atoms with E-state index in [4.69, 9.17) is 4.74 Å². The van der Waals surface area contributed by atoms with Crippen molar-refractivity contribution in [1.29, 1.82) is 0 Å². The molecule has 0 saturated carbocycles. The van der Waals surface area contributed by atoms with E-state index >= 15 is 0 Å². The van der Waals surface area contributed by atoms with Crippen molar-refractivity contribution in [2.45, 2.75) is 63.4 Å². The maximum Gasteiger partial charge on any atom is 0.318 e. The average Bonchev–Trinajstić information content (AvgIpc) is 2.98. The summed E-state index contributed by atoms with van der Waals surface area (Å²) in [5.74, 6) is -0.199. The molecule has 2 aromatic rings. The minimum absolute atomic E-state index is 0.0767. The Bertz CT molecular complexity index is 1220. The van der Waals surface area contributed by atoms with E-state index in [1.165, 1.54) is 4.31 Å². The predicted molar refractivity (Wildman–Crippen MR) is 163 cm³/mol. The number of carbonyl (C=O) groups excluding carboxylic acids is 2. The lowest BCUT2D eigenvalue weighted by molar-refractivity contribution is -0.123. The largest absolute Gasteiger partial charge is 0.395 e. The first kappa shape index (κ1) is 33.5. The molecule has 11 heteroatoms. The van der Waals surface area contributed by atoms with Crippen molar-refractivity contribution in [2.75, 3.05) is 46.0 Å². The summed E-state index contributed by atoms with van der Waals surface area (Å²) in [6.07, 6.45) is 2.01. The number of ether oxygens (including phenoxy) is 1. The van der Waals surface area contributed by atoms with Crippen LogP contribution in [0.25, 0.3) is 0 Å². The number of nitrogens with one attached hydrogen (secondary N) is 2. The number of carbonyl (C=O) groups is 2. The number of morpholine rings is 1. The Labute approximate surface area is 250 Å². The standard InChI is InChI=1S/C31H46N4O6S/c1-24(2)22-35(42(39,40)28-14-12-25(3)13-15-28)27(23-36)11-7-8-16-32-30(37)29(21-26-9-5-4-6-10-26)33-31(38)34-17-19-41-20-18-34/h4-6,9-10,12-15,24,27,29,36H,7-8,11,16-23H2,1-3H3,(H,32,37)(H,33,38)/t27-,29-/m0/s1. The molecule has 0 bridgehead atoms. The number of unbranched alkanes of at least 4 members (excludes halogenated alkanes) is 1. The van der Waals surface area contributed by atoms with E-state index in [1.54, 1.807) is 29.2 Å². The van der Waals surface area contributed by atoms with Gasteiger partial charge in [0.15, 0.2) is 0 Å². The maximum atomic E-state index is 13.5. The second kappa shape index (κ2) is 16.6. The minimum atomic E-state index is -3.79. The molecule has 1 saturated heterocycles. The van der Waals surface area contributed by atoms with Crippen LogP contribution in [-0.4, -0.2) is 92.8 Å². The number of aliphatic hydroxyl groups is 1. The summed E-state index contributed by atoms with van der Waals surface area (Å²) in [5.41, 5.74) is 1.91. The van der Waals surface area contributed by atoms with E-state index in [0.29, 0.717) is 65.1 Å². The van der Waals surface area contributed by atoms with Gasteiger partial charge in [0.25, 0.3) is 0 Å². The molecule has 10 nitrogen and oxygen atoms in total. The Hall–Kier alpha value is -2.99. The number of aliphatic hydroxyl groups excluding tert-OH is 1. The summed E-state index contributed by atoms with van der Waals surface area (Å²) < 4.78 is 33.7. The van der Waals surface area contributed by atoms with Gasteiger partial charge in [-0.25, -0.2) is 13.2 Å². The Morgan fingerprint density at radius 2 is 1.69 bits per heavy atom. The molecule has 3 rings (SSSR count). The number of benzene rings is 2. The Balaban J connectivity index is 1.57. The van der Waals surface area contributed by atoms with Gasteiger partial charge in [-0.1, -0.05) is 68.3 Å². The summed E-state index contributed by atoms with van der Waals surface area (Å²) in [7, 11) is -3.79. The molecule has 42 heavy (non-hydrogen) atoms. The van der Waals surface area contributed by atoms with Gasteiger partial charge in [0.1, 0.15) is 6.04 Å². The van der Waals surface area contributed by atoms with Gasteiger partial charge < -0.3 is 25.4 Å². The Morgan fingerprint density at radius 1 is 1.02 bits per heavy atom. The zero-order valence-corrected chi connectivity index (χ0v) is 25.8. The zero-order valence-electron chi connectivity index (χ0n) is 25.0. The quantitative estimate of drug-likeness (QED) is 0.269. The molecule has 2 aromatic carbocycles. The van der Waals surface area contributed by atoms with Crippen molar-refractivity contribution in [3.05, 3.63) is 65.7 Å². The van der Waals surface area contributed by atoms with E-state index in [0.717, 1.165) is 11.1 Å². The monoisotopic (exact) mass is 602 g/mol. The van der Waals surface area contributed by atoms with Crippen LogP contribution in [0.5, 0.6) is 0 Å². The average molecular weight is 603 g/mol. The Morgan fingerprint density at radius 3 is 2.31 bits per heavy atom. The van der Waals surface area contributed by atoms with Crippen LogP contribution in [0, 0.1) is 12.8 Å². The van der Waals surface area contributed by atoms with Crippen LogP contribution in [0.2, 0.25) is 0 Å². The highest BCUT2D eigenvalue weighted by atomic mass is 32.2. The molecule has 1 aliphatic rings. The van der Waals surface area contributed by atoms with Gasteiger partial charge in [-0.3, -0.25) is 4.79 Å². The number of rotatable bonds is 15. The van der Waals surface area contributed by atoms with Crippen LogP contribution < -0.4 is 10.6 Å². The van der Waals surface area contributed by atoms with Crippen molar-refractivity contribution < 1.29 is 27.9 Å². The third-order valence-electron chi connectivity index (χ3n) is 7.25. The van der Waals surface area contributed by atoms with Crippen molar-refractivity contribution in [2.24, 2.45) is 5.92 Å². The SMILES string of the molecule is Cc1ccc(S(=O)(=O)N(CC(C)C)[C@H](CO)CCCCNC(=O)[C@H](Cc2ccccc2)NC(=O)N2CCOCC2)cc1. The van der Waals surface area contributed by atoms with E-state index in [9.17, 15) is 23.1 Å². The van der Waals surface area contributed by atoms with Crippen LogP contribution in [0.4, 0.5) is 4.79 Å². The fraction of sp³-hybridized carbons (Fsp3) is 0.548. The van der Waals surface area contributed by atoms with E-state index in [-0.39, 0.29) is 29.4 Å². The highest BCUT2D eigenvalue weighted by molar-refractivity contribution is 7.89. The fourth-order valence-electron chi connectivity index (χ4n) is 4.88. The fourth-order valence-corrected chi connectivity index (χ4v) is 6.69. The summed E-state index contributed by atoms with van der Waals surface area (Å²) >= 11 is 0. The maximum absolute atomic E-state index is 13.5. The molecule has 2 atom stereocenters. The van der Waals surface area contributed by atoms with Crippen molar-refractivity contribution in [3.8, 4) is 0 Å². The second-order valence-electron chi connectivity index (χ2n) is 11.2. The number of amides is 3. The second-order valence-corrected chi connectivity index (χ2v) is 13.1. The molecule has 1 fully saturated rings. The summed E-state index contributed by atoms with van der Waals surface area (Å²) in [4.78, 5) is 27.9. The van der Waals surface area contributed by atoms with E-state index in [2.05, 4.69) is 10.6 Å². The first-order chi connectivity index (χ1) is 20.1. The van der Waals surface area contributed by atoms with Crippen molar-refractivity contribution in [1.82, 2.24) is 19.8 Å². The van der Waals surface area contributed by atoms with Crippen LogP contribution >= 0.6 is 0 Å². The van der Waals surface area contributed by atoms with Crippen LogP contribution in [0.15, 0.2) is 59.5 Å². The smallest absolute Gasteiger partial charge is 0.318 e. The molecule has 0 unspecified atom stereocenters. The highest BCUT2D eigenvalue weighted by Gasteiger charge is 2.31. The molecule has 3 N–H and O–H groups in total. The lowest BCUT2D eigenvalue weighted by atomic mass is 10.1. The van der Waals surface area contributed by atoms with Gasteiger partial charge in [0.05, 0.1) is 24.7 Å². The third-order valence-corrected chi connectivity index (χ3v) is 9.18. The number of hydrogen-bond acceptors (Lipinski definition) is 6. The van der Waals surface area contributed by atoms with Gasteiger partial charge in [-0.15, -0.1) is 0 Å². The van der Waals surface area contributed by atoms with Crippen LogP contribution in [-0.2, 0) is 26.0 Å². The summed E-state index contributed by atoms with van der Waals surface area (Å²) in [6.45, 7) is 8.06. The van der Waals surface area contributed by atoms with Gasteiger partial charge in [-0.2, -0.15) is 4.31 Å². The highest BCUT2D eigenvalue weighted by Crippen LogP contribution is 2.23. The third kappa shape index (κ3) is 10.1. The molecule has 1 aliphatic heterocycles. The molecule has 0 radical (unpaired) electrons. The lowest BCUT2D eigenvalue weighted by Crippen LogP contribution is -2.54. The van der Waals surface area contributed by atoms with E-state index in [1.807, 2.05) is 51.1 Å². The Kier molecular flexibility index (Phi) is 13.2. The number of nitrogens with zero attached hydrogens (tertiary/aromatic N) is 2. The van der Waals surface area contributed by atoms with Gasteiger partial charge in [-0.05, 0) is 43.4 Å². The van der Waals surface area contributed by atoms with Gasteiger partial charge >= 0.3 is 6.03 Å². The first-order valence-electron chi connectivity index (χ1n) is 14.8. The number of urea groups is 1. The molecule has 1 heterocycles. The van der Waals surface area contributed by atoms with Crippen molar-refractivity contribution >= 4 is 22.0 Å². The number of aryl methyl sites for hydroxylation is 1. The predicted octanol–water partition coefficient (Wildman–Crippen LogP) is 2.94. The van der Waals surface area contributed by atoms with Crippen LogP contribution in [0.3, 0.4) is 0 Å². The summed E-state index contributed by atoms with van der Waals surface area (Å²) in [5, 5.41) is 16.0. The van der Waals surface area contributed by atoms with Crippen molar-refractivity contribution in [3.63, 3.8) is 0 Å². The molecule has 3 amide bonds. The molecule has 0 aliphatic carbocycles. The minimum Gasteiger partial charge on any atom is -0.395 e. The molecular formula is C31H46N4O6S. The number of sulfonamides is 1. The topological polar surface area (TPSA) is 128 Å². The molecular weight excluding hydrogens is 556 g/mol. The molecule has 0 aromatic heterocycles. The summed E-state index contributed by atoms with van der Waals surface area (Å²) in [6, 6.07) is 14.7. The molecule has 0 spiro atoms. The van der Waals surface area contributed by atoms with E-state index < -0.39 is 22.1 Å².